The molecule has 0 aliphatic carbocycles. The molecule has 0 unspecified atom stereocenters. The molecule has 1 N–H and O–H groups in total. The number of ether oxygens (including phenoxy) is 2. The van der Waals surface area contributed by atoms with Gasteiger partial charge in [0.2, 0.25) is 0 Å². The van der Waals surface area contributed by atoms with Gasteiger partial charge in [-0.05, 0) is 37.3 Å². The Morgan fingerprint density at radius 1 is 1.12 bits per heavy atom. The molecule has 2 aromatic rings. The first kappa shape index (κ1) is 17.8. The SMILES string of the molecule is COc1ccc(C)cc1CC(=O)OCC(=O)Nc1ccc(Cl)cc1. The number of anilines is 1. The molecule has 0 aromatic heterocycles. The lowest BCUT2D eigenvalue weighted by atomic mass is 10.1. The molecule has 0 aliphatic heterocycles. The summed E-state index contributed by atoms with van der Waals surface area (Å²) in [6.45, 7) is 1.57. The van der Waals surface area contributed by atoms with E-state index in [9.17, 15) is 9.59 Å². The van der Waals surface area contributed by atoms with Crippen molar-refractivity contribution in [3.63, 3.8) is 0 Å². The van der Waals surface area contributed by atoms with Crippen molar-refractivity contribution in [2.45, 2.75) is 13.3 Å². The number of benzene rings is 2. The lowest BCUT2D eigenvalue weighted by Gasteiger charge is -2.10. The number of carbonyl (C=O) groups excluding carboxylic acids is 2. The Kier molecular flexibility index (Phi) is 6.21. The third kappa shape index (κ3) is 5.28. The van der Waals surface area contributed by atoms with E-state index in [1.54, 1.807) is 37.4 Å². The first-order valence-corrected chi connectivity index (χ1v) is 7.70. The van der Waals surface area contributed by atoms with Crippen molar-refractivity contribution >= 4 is 29.2 Å². The molecule has 0 aliphatic rings. The zero-order valence-corrected chi connectivity index (χ0v) is 14.2. The van der Waals surface area contributed by atoms with Crippen molar-refractivity contribution in [3.8, 4) is 5.75 Å². The zero-order valence-electron chi connectivity index (χ0n) is 13.5. The Bertz CT molecular complexity index is 728. The summed E-state index contributed by atoms with van der Waals surface area (Å²) in [6, 6.07) is 12.2. The van der Waals surface area contributed by atoms with Crippen LogP contribution in [0.2, 0.25) is 5.02 Å². The molecular weight excluding hydrogens is 330 g/mol. The maximum Gasteiger partial charge on any atom is 0.310 e. The van der Waals surface area contributed by atoms with Crippen LogP contribution in [0.5, 0.6) is 5.75 Å². The van der Waals surface area contributed by atoms with Gasteiger partial charge in [0.15, 0.2) is 6.61 Å². The minimum atomic E-state index is -0.495. The van der Waals surface area contributed by atoms with Crippen molar-refractivity contribution in [2.75, 3.05) is 19.0 Å². The smallest absolute Gasteiger partial charge is 0.310 e. The summed E-state index contributed by atoms with van der Waals surface area (Å²) in [5.74, 6) is -0.296. The highest BCUT2D eigenvalue weighted by molar-refractivity contribution is 6.30. The fraction of sp³-hybridized carbons (Fsp3) is 0.222. The van der Waals surface area contributed by atoms with Gasteiger partial charge in [0, 0.05) is 16.3 Å². The zero-order chi connectivity index (χ0) is 17.5. The number of nitrogens with one attached hydrogen (secondary N) is 1. The maximum atomic E-state index is 11.9. The number of aryl methyl sites for hydroxylation is 1. The Hall–Kier alpha value is -2.53. The van der Waals surface area contributed by atoms with Gasteiger partial charge in [-0.1, -0.05) is 29.3 Å². The van der Waals surface area contributed by atoms with E-state index in [2.05, 4.69) is 5.32 Å². The van der Waals surface area contributed by atoms with Crippen LogP contribution in [0.1, 0.15) is 11.1 Å². The molecule has 126 valence electrons. The number of halogens is 1. The Balaban J connectivity index is 1.85. The molecule has 24 heavy (non-hydrogen) atoms. The van der Waals surface area contributed by atoms with Crippen LogP contribution in [-0.2, 0) is 20.7 Å². The van der Waals surface area contributed by atoms with Gasteiger partial charge in [-0.15, -0.1) is 0 Å². The molecule has 2 aromatic carbocycles. The van der Waals surface area contributed by atoms with Gasteiger partial charge in [-0.2, -0.15) is 0 Å². The largest absolute Gasteiger partial charge is 0.496 e. The Morgan fingerprint density at radius 2 is 1.83 bits per heavy atom. The van der Waals surface area contributed by atoms with Gasteiger partial charge >= 0.3 is 5.97 Å². The van der Waals surface area contributed by atoms with Crippen LogP contribution in [0.25, 0.3) is 0 Å². The average Bonchev–Trinajstić information content (AvgIpc) is 2.55. The van der Waals surface area contributed by atoms with Crippen molar-refractivity contribution in [2.24, 2.45) is 0 Å². The molecule has 0 saturated carbocycles. The van der Waals surface area contributed by atoms with Crippen LogP contribution in [0, 0.1) is 6.92 Å². The first-order valence-electron chi connectivity index (χ1n) is 7.32. The van der Waals surface area contributed by atoms with E-state index in [-0.39, 0.29) is 13.0 Å². The quantitative estimate of drug-likeness (QED) is 0.813. The third-order valence-corrected chi connectivity index (χ3v) is 3.51. The lowest BCUT2D eigenvalue weighted by Crippen LogP contribution is -2.21. The molecule has 6 heteroatoms. The second-order valence-electron chi connectivity index (χ2n) is 5.21. The van der Waals surface area contributed by atoms with Crippen molar-refractivity contribution < 1.29 is 19.1 Å². The fourth-order valence-electron chi connectivity index (χ4n) is 2.13. The summed E-state index contributed by atoms with van der Waals surface area (Å²) in [7, 11) is 1.54. The molecule has 0 atom stereocenters. The van der Waals surface area contributed by atoms with Gasteiger partial charge in [0.25, 0.3) is 5.91 Å². The Morgan fingerprint density at radius 3 is 2.50 bits per heavy atom. The van der Waals surface area contributed by atoms with Gasteiger partial charge in [0.05, 0.1) is 13.5 Å². The summed E-state index contributed by atoms with van der Waals surface area (Å²) in [5, 5.41) is 3.20. The summed E-state index contributed by atoms with van der Waals surface area (Å²) in [5.41, 5.74) is 2.32. The Labute approximate surface area is 145 Å². The highest BCUT2D eigenvalue weighted by Crippen LogP contribution is 2.20. The van der Waals surface area contributed by atoms with E-state index in [1.807, 2.05) is 19.1 Å². The minimum absolute atomic E-state index is 0.0408. The summed E-state index contributed by atoms with van der Waals surface area (Å²) in [6.07, 6.45) is 0.0408. The van der Waals surface area contributed by atoms with Crippen molar-refractivity contribution in [1.29, 1.82) is 0 Å². The highest BCUT2D eigenvalue weighted by Gasteiger charge is 2.12. The van der Waals surface area contributed by atoms with E-state index in [1.165, 1.54) is 0 Å². The highest BCUT2D eigenvalue weighted by atomic mass is 35.5. The standard InChI is InChI=1S/C18H18ClNO4/c1-12-3-8-16(23-2)13(9-12)10-18(22)24-11-17(21)20-15-6-4-14(19)5-7-15/h3-9H,10-11H2,1-2H3,(H,20,21). The molecule has 0 bridgehead atoms. The van der Waals surface area contributed by atoms with Crippen LogP contribution in [0.4, 0.5) is 5.69 Å². The number of rotatable bonds is 6. The van der Waals surface area contributed by atoms with E-state index >= 15 is 0 Å². The number of hydrogen-bond donors (Lipinski definition) is 1. The molecule has 1 amide bonds. The van der Waals surface area contributed by atoms with Crippen LogP contribution in [-0.4, -0.2) is 25.6 Å². The summed E-state index contributed by atoms with van der Waals surface area (Å²) >= 11 is 5.77. The molecule has 0 radical (unpaired) electrons. The van der Waals surface area contributed by atoms with Crippen molar-refractivity contribution in [1.82, 2.24) is 0 Å². The predicted octanol–water partition coefficient (Wildman–Crippen LogP) is 3.38. The number of methoxy groups -OCH3 is 1. The molecule has 5 nitrogen and oxygen atoms in total. The van der Waals surface area contributed by atoms with E-state index in [4.69, 9.17) is 21.1 Å². The monoisotopic (exact) mass is 347 g/mol. The lowest BCUT2D eigenvalue weighted by molar-refractivity contribution is -0.146. The fourth-order valence-corrected chi connectivity index (χ4v) is 2.25. The topological polar surface area (TPSA) is 64.6 Å². The second-order valence-corrected chi connectivity index (χ2v) is 5.64. The number of amides is 1. The molecule has 0 heterocycles. The normalized spacial score (nSPS) is 10.1. The number of carbonyl (C=O) groups is 2. The van der Waals surface area contributed by atoms with Crippen LogP contribution in [0.3, 0.4) is 0 Å². The van der Waals surface area contributed by atoms with Gasteiger partial charge < -0.3 is 14.8 Å². The van der Waals surface area contributed by atoms with Crippen LogP contribution in [0.15, 0.2) is 42.5 Å². The van der Waals surface area contributed by atoms with E-state index in [0.717, 1.165) is 11.1 Å². The van der Waals surface area contributed by atoms with Gasteiger partial charge in [-0.25, -0.2) is 0 Å². The molecule has 0 fully saturated rings. The molecule has 0 saturated heterocycles. The number of esters is 1. The minimum Gasteiger partial charge on any atom is -0.496 e. The molecule has 0 spiro atoms. The van der Waals surface area contributed by atoms with Gasteiger partial charge in [0.1, 0.15) is 5.75 Å². The average molecular weight is 348 g/mol. The third-order valence-electron chi connectivity index (χ3n) is 3.26. The van der Waals surface area contributed by atoms with E-state index in [0.29, 0.717) is 16.5 Å². The summed E-state index contributed by atoms with van der Waals surface area (Å²) in [4.78, 5) is 23.7. The second kappa shape index (κ2) is 8.36. The predicted molar refractivity (Wildman–Crippen MR) is 92.5 cm³/mol. The maximum absolute atomic E-state index is 11.9. The number of hydrogen-bond acceptors (Lipinski definition) is 4. The van der Waals surface area contributed by atoms with Gasteiger partial charge in [-0.3, -0.25) is 9.59 Å². The van der Waals surface area contributed by atoms with Crippen LogP contribution >= 0.6 is 11.6 Å². The van der Waals surface area contributed by atoms with Crippen molar-refractivity contribution in [3.05, 3.63) is 58.6 Å². The first-order chi connectivity index (χ1) is 11.5. The summed E-state index contributed by atoms with van der Waals surface area (Å²) < 4.78 is 10.2. The molecular formula is C18H18ClNO4. The van der Waals surface area contributed by atoms with E-state index < -0.39 is 11.9 Å². The van der Waals surface area contributed by atoms with Crippen LogP contribution < -0.4 is 10.1 Å². The molecule has 2 rings (SSSR count).